The number of hydrogen-bond acceptors (Lipinski definition) is 4. The molecule has 2 amide bonds. The van der Waals surface area contributed by atoms with E-state index in [9.17, 15) is 9.59 Å². The van der Waals surface area contributed by atoms with E-state index in [2.05, 4.69) is 10.2 Å². The van der Waals surface area contributed by atoms with Crippen LogP contribution in [0.15, 0.2) is 24.3 Å². The second-order valence-corrected chi connectivity index (χ2v) is 9.04. The number of benzene rings is 1. The van der Waals surface area contributed by atoms with Crippen molar-refractivity contribution in [1.29, 1.82) is 0 Å². The highest BCUT2D eigenvalue weighted by Gasteiger charge is 2.57. The van der Waals surface area contributed by atoms with E-state index in [4.69, 9.17) is 4.74 Å². The number of amides is 2. The van der Waals surface area contributed by atoms with Gasteiger partial charge in [-0.15, -0.1) is 0 Å². The molecule has 1 saturated carbocycles. The fourth-order valence-electron chi connectivity index (χ4n) is 5.50. The van der Waals surface area contributed by atoms with Crippen molar-refractivity contribution in [2.24, 2.45) is 17.8 Å². The molecule has 4 fully saturated rings. The molecule has 1 spiro atoms. The lowest BCUT2D eigenvalue weighted by atomic mass is 9.75. The fourth-order valence-corrected chi connectivity index (χ4v) is 5.50. The van der Waals surface area contributed by atoms with Gasteiger partial charge >= 0.3 is 0 Å². The second-order valence-electron chi connectivity index (χ2n) is 9.04. The predicted octanol–water partition coefficient (Wildman–Crippen LogP) is 1.76. The van der Waals surface area contributed by atoms with E-state index >= 15 is 0 Å². The maximum absolute atomic E-state index is 12.9. The Balaban J connectivity index is 1.25. The molecule has 150 valence electrons. The minimum absolute atomic E-state index is 0.0522. The molecule has 0 unspecified atom stereocenters. The summed E-state index contributed by atoms with van der Waals surface area (Å²) in [7, 11) is 1.61. The quantitative estimate of drug-likeness (QED) is 0.861. The Hall–Kier alpha value is -2.08. The number of nitrogens with zero attached hydrogens (tertiary/aromatic N) is 2. The average molecular weight is 383 g/mol. The van der Waals surface area contributed by atoms with E-state index < -0.39 is 0 Å². The van der Waals surface area contributed by atoms with Crippen LogP contribution in [0.25, 0.3) is 0 Å². The van der Waals surface area contributed by atoms with Crippen molar-refractivity contribution in [2.75, 3.05) is 39.8 Å². The van der Waals surface area contributed by atoms with Gasteiger partial charge in [0.1, 0.15) is 5.75 Å². The summed E-state index contributed by atoms with van der Waals surface area (Å²) in [6.07, 6.45) is 4.41. The van der Waals surface area contributed by atoms with Crippen molar-refractivity contribution in [1.82, 2.24) is 15.1 Å². The van der Waals surface area contributed by atoms with E-state index in [0.29, 0.717) is 30.3 Å². The third-order valence-electron chi connectivity index (χ3n) is 7.29. The van der Waals surface area contributed by atoms with Gasteiger partial charge in [0.25, 0.3) is 5.91 Å². The van der Waals surface area contributed by atoms with Gasteiger partial charge in [0.05, 0.1) is 13.0 Å². The predicted molar refractivity (Wildman–Crippen MR) is 105 cm³/mol. The van der Waals surface area contributed by atoms with E-state index in [-0.39, 0.29) is 23.3 Å². The Bertz CT molecular complexity index is 783. The number of rotatable bonds is 4. The summed E-state index contributed by atoms with van der Waals surface area (Å²) < 4.78 is 5.25. The van der Waals surface area contributed by atoms with Crippen molar-refractivity contribution in [3.8, 4) is 5.75 Å². The topological polar surface area (TPSA) is 61.9 Å². The minimum atomic E-state index is -0.120. The van der Waals surface area contributed by atoms with Gasteiger partial charge in [-0.1, -0.05) is 6.07 Å². The van der Waals surface area contributed by atoms with Crippen molar-refractivity contribution in [3.05, 3.63) is 29.8 Å². The lowest BCUT2D eigenvalue weighted by Crippen LogP contribution is -2.56. The maximum Gasteiger partial charge on any atom is 0.253 e. The molecule has 6 nitrogen and oxygen atoms in total. The van der Waals surface area contributed by atoms with Crippen LogP contribution in [0, 0.1) is 17.8 Å². The van der Waals surface area contributed by atoms with Crippen LogP contribution in [0.3, 0.4) is 0 Å². The zero-order valence-electron chi connectivity index (χ0n) is 16.5. The van der Waals surface area contributed by atoms with Crippen LogP contribution in [0.2, 0.25) is 0 Å². The molecule has 3 saturated heterocycles. The van der Waals surface area contributed by atoms with Crippen molar-refractivity contribution in [3.63, 3.8) is 0 Å². The molecule has 0 bridgehead atoms. The number of fused-ring (bicyclic) bond motifs is 2. The SMILES string of the molecule is COc1cccc(C(=O)N2CCC3(CC2)NC(=O)[C@@H]2CN(CC4CC4)C[C@@H]23)c1. The molecule has 1 aromatic carbocycles. The first-order valence-corrected chi connectivity index (χ1v) is 10.6. The van der Waals surface area contributed by atoms with Gasteiger partial charge in [-0.3, -0.25) is 9.59 Å². The Labute approximate surface area is 166 Å². The van der Waals surface area contributed by atoms with Gasteiger partial charge in [0, 0.05) is 49.7 Å². The fraction of sp³-hybridized carbons (Fsp3) is 0.636. The molecule has 0 radical (unpaired) electrons. The number of nitrogens with one attached hydrogen (secondary N) is 1. The lowest BCUT2D eigenvalue weighted by molar-refractivity contribution is -0.123. The number of methoxy groups -OCH3 is 1. The van der Waals surface area contributed by atoms with Crippen LogP contribution in [-0.4, -0.2) is 67.0 Å². The summed E-state index contributed by atoms with van der Waals surface area (Å²) in [6, 6.07) is 7.35. The summed E-state index contributed by atoms with van der Waals surface area (Å²) >= 11 is 0. The number of carbonyl (C=O) groups excluding carboxylic acids is 2. The van der Waals surface area contributed by atoms with E-state index in [1.165, 1.54) is 12.8 Å². The van der Waals surface area contributed by atoms with Gasteiger partial charge in [-0.25, -0.2) is 0 Å². The third kappa shape index (κ3) is 3.08. The molecule has 1 aliphatic carbocycles. The van der Waals surface area contributed by atoms with Crippen LogP contribution >= 0.6 is 0 Å². The molecular weight excluding hydrogens is 354 g/mol. The molecule has 3 heterocycles. The smallest absolute Gasteiger partial charge is 0.253 e. The Morgan fingerprint density at radius 1 is 1.25 bits per heavy atom. The van der Waals surface area contributed by atoms with Gasteiger partial charge in [-0.05, 0) is 49.8 Å². The molecule has 0 aromatic heterocycles. The summed E-state index contributed by atoms with van der Waals surface area (Å²) in [5, 5.41) is 3.35. The van der Waals surface area contributed by atoms with Crippen LogP contribution in [0.1, 0.15) is 36.0 Å². The summed E-state index contributed by atoms with van der Waals surface area (Å²) in [5.74, 6) is 2.38. The zero-order chi connectivity index (χ0) is 19.3. The maximum atomic E-state index is 12.9. The van der Waals surface area contributed by atoms with Gasteiger partial charge in [-0.2, -0.15) is 0 Å². The molecule has 1 N–H and O–H groups in total. The van der Waals surface area contributed by atoms with E-state index in [1.807, 2.05) is 23.1 Å². The summed E-state index contributed by atoms with van der Waals surface area (Å²) in [5.41, 5.74) is 0.547. The molecule has 1 aromatic rings. The molecule has 5 rings (SSSR count). The minimum Gasteiger partial charge on any atom is -0.497 e. The van der Waals surface area contributed by atoms with Crippen LogP contribution in [-0.2, 0) is 4.79 Å². The molecule has 6 heteroatoms. The molecular formula is C22H29N3O3. The standard InChI is InChI=1S/C22H29N3O3/c1-28-17-4-2-3-16(11-17)21(27)25-9-7-22(8-10-25)19-14-24(12-15-5-6-15)13-18(19)20(26)23-22/h2-4,11,15,18-19H,5-10,12-14H2,1H3,(H,23,26)/t18-,19+/m1/s1. The average Bonchev–Trinajstić information content (AvgIpc) is 3.37. The first-order chi connectivity index (χ1) is 13.6. The highest BCUT2D eigenvalue weighted by Crippen LogP contribution is 2.45. The van der Waals surface area contributed by atoms with Crippen molar-refractivity contribution < 1.29 is 14.3 Å². The Kier molecular flexibility index (Phi) is 4.34. The monoisotopic (exact) mass is 383 g/mol. The van der Waals surface area contributed by atoms with Crippen LogP contribution in [0.4, 0.5) is 0 Å². The number of hydrogen-bond donors (Lipinski definition) is 1. The molecule has 4 aliphatic rings. The highest BCUT2D eigenvalue weighted by molar-refractivity contribution is 5.94. The molecule has 3 aliphatic heterocycles. The van der Waals surface area contributed by atoms with Crippen LogP contribution < -0.4 is 10.1 Å². The van der Waals surface area contributed by atoms with E-state index in [1.54, 1.807) is 13.2 Å². The van der Waals surface area contributed by atoms with Crippen molar-refractivity contribution in [2.45, 2.75) is 31.2 Å². The number of ether oxygens (including phenoxy) is 1. The summed E-state index contributed by atoms with van der Waals surface area (Å²) in [6.45, 7) is 4.51. The number of likely N-dealkylation sites (tertiary alicyclic amines) is 2. The second kappa shape index (κ2) is 6.76. The lowest BCUT2D eigenvalue weighted by Gasteiger charge is -2.42. The largest absolute Gasteiger partial charge is 0.497 e. The number of piperidine rings is 1. The molecule has 28 heavy (non-hydrogen) atoms. The Morgan fingerprint density at radius 3 is 2.75 bits per heavy atom. The first-order valence-electron chi connectivity index (χ1n) is 10.6. The Morgan fingerprint density at radius 2 is 2.04 bits per heavy atom. The molecule has 2 atom stereocenters. The van der Waals surface area contributed by atoms with E-state index in [0.717, 1.165) is 38.4 Å². The van der Waals surface area contributed by atoms with Crippen molar-refractivity contribution >= 4 is 11.8 Å². The third-order valence-corrected chi connectivity index (χ3v) is 7.29. The first kappa shape index (κ1) is 18.0. The summed E-state index contributed by atoms with van der Waals surface area (Å²) in [4.78, 5) is 30.0. The van der Waals surface area contributed by atoms with Gasteiger partial charge in [0.2, 0.25) is 5.91 Å². The number of carbonyl (C=O) groups is 2. The van der Waals surface area contributed by atoms with Gasteiger partial charge < -0.3 is 19.9 Å². The van der Waals surface area contributed by atoms with Crippen LogP contribution in [0.5, 0.6) is 5.75 Å². The zero-order valence-corrected chi connectivity index (χ0v) is 16.5. The van der Waals surface area contributed by atoms with Gasteiger partial charge in [0.15, 0.2) is 0 Å². The highest BCUT2D eigenvalue weighted by atomic mass is 16.5. The normalized spacial score (nSPS) is 29.0.